The molecule has 0 aliphatic heterocycles. The quantitative estimate of drug-likeness (QED) is 0.186. The molecule has 0 amide bonds. The zero-order valence-electron chi connectivity index (χ0n) is 21.3. The minimum Gasteiger partial charge on any atom is -0.205 e. The van der Waals surface area contributed by atoms with Crippen molar-refractivity contribution in [1.29, 1.82) is 0 Å². The molecule has 36 heavy (non-hydrogen) atoms. The second kappa shape index (κ2) is 12.8. The van der Waals surface area contributed by atoms with Gasteiger partial charge in [-0.1, -0.05) is 99.6 Å². The third-order valence-electron chi connectivity index (χ3n) is 6.53. The highest BCUT2D eigenvalue weighted by Gasteiger charge is 2.06. The van der Waals surface area contributed by atoms with E-state index >= 15 is 4.39 Å². The summed E-state index contributed by atoms with van der Waals surface area (Å²) in [6.07, 6.45) is 8.38. The fourth-order valence-electron chi connectivity index (χ4n) is 4.27. The Balaban J connectivity index is 1.42. The molecule has 0 radical (unpaired) electrons. The fourth-order valence-corrected chi connectivity index (χ4v) is 4.27. The van der Waals surface area contributed by atoms with Gasteiger partial charge in [0.1, 0.15) is 5.82 Å². The van der Waals surface area contributed by atoms with Crippen LogP contribution in [0.25, 0.3) is 10.8 Å². The molecule has 4 aromatic carbocycles. The Labute approximate surface area is 215 Å². The van der Waals surface area contributed by atoms with Crippen molar-refractivity contribution in [3.63, 3.8) is 0 Å². The Hall–Kier alpha value is -3.81. The molecule has 0 unspecified atom stereocenters. The van der Waals surface area contributed by atoms with Gasteiger partial charge in [0.15, 0.2) is 0 Å². The summed E-state index contributed by atoms with van der Waals surface area (Å²) in [5.74, 6) is 12.3. The number of aryl methyl sites for hydroxylation is 2. The van der Waals surface area contributed by atoms with Crippen LogP contribution in [0.4, 0.5) is 4.39 Å². The summed E-state index contributed by atoms with van der Waals surface area (Å²) in [5.41, 5.74) is 5.78. The van der Waals surface area contributed by atoms with Crippen molar-refractivity contribution in [2.45, 2.75) is 58.8 Å². The molecule has 0 bridgehead atoms. The van der Waals surface area contributed by atoms with Crippen LogP contribution in [-0.2, 0) is 12.8 Å². The first-order valence-corrected chi connectivity index (χ1v) is 13.1. The van der Waals surface area contributed by atoms with E-state index in [2.05, 4.69) is 73.9 Å². The summed E-state index contributed by atoms with van der Waals surface area (Å²) >= 11 is 0. The molecule has 0 atom stereocenters. The second-order valence-corrected chi connectivity index (χ2v) is 9.27. The Morgan fingerprint density at radius 1 is 0.583 bits per heavy atom. The third-order valence-corrected chi connectivity index (χ3v) is 6.53. The van der Waals surface area contributed by atoms with Crippen molar-refractivity contribution >= 4 is 10.8 Å². The monoisotopic (exact) mass is 472 g/mol. The molecule has 0 aromatic heterocycles. The predicted octanol–water partition coefficient (Wildman–Crippen LogP) is 8.85. The standard InChI is InChI=1S/C35H33F/c1-3-5-6-7-8-9-31-21-25-34-33(26-31)24-23-32(35(34)36)22-20-30-18-16-29(17-19-30)15-14-28-12-10-27(4-2)11-13-28/h10-13,16-19,21,23-26H,3-9H2,1-2H3. The maximum Gasteiger partial charge on any atom is 0.146 e. The van der Waals surface area contributed by atoms with E-state index in [0.29, 0.717) is 10.9 Å². The molecule has 0 fully saturated rings. The highest BCUT2D eigenvalue weighted by atomic mass is 19.1. The summed E-state index contributed by atoms with van der Waals surface area (Å²) < 4.78 is 15.1. The van der Waals surface area contributed by atoms with Crippen LogP contribution in [0.2, 0.25) is 0 Å². The molecule has 4 rings (SSSR count). The molecule has 180 valence electrons. The van der Waals surface area contributed by atoms with Crippen LogP contribution in [0.3, 0.4) is 0 Å². The molecule has 1 heteroatoms. The first kappa shape index (κ1) is 25.3. The summed E-state index contributed by atoms with van der Waals surface area (Å²) in [7, 11) is 0. The summed E-state index contributed by atoms with van der Waals surface area (Å²) in [6, 6.07) is 26.0. The predicted molar refractivity (Wildman–Crippen MR) is 151 cm³/mol. The van der Waals surface area contributed by atoms with E-state index in [1.54, 1.807) is 6.07 Å². The fraction of sp³-hybridized carbons (Fsp3) is 0.257. The van der Waals surface area contributed by atoms with Gasteiger partial charge < -0.3 is 0 Å². The average Bonchev–Trinajstić information content (AvgIpc) is 2.92. The molecular weight excluding hydrogens is 439 g/mol. The Kier molecular flexibility index (Phi) is 8.97. The molecule has 0 aliphatic rings. The molecule has 4 aromatic rings. The highest BCUT2D eigenvalue weighted by molar-refractivity contribution is 5.85. The van der Waals surface area contributed by atoms with Crippen LogP contribution in [0, 0.1) is 29.5 Å². The molecular formula is C35H33F. The lowest BCUT2D eigenvalue weighted by atomic mass is 10.00. The molecule has 0 spiro atoms. The van der Waals surface area contributed by atoms with E-state index in [1.165, 1.54) is 43.2 Å². The molecule has 0 saturated heterocycles. The van der Waals surface area contributed by atoms with Gasteiger partial charge in [-0.3, -0.25) is 0 Å². The number of halogens is 1. The van der Waals surface area contributed by atoms with E-state index in [0.717, 1.165) is 34.9 Å². The molecule has 0 heterocycles. The largest absolute Gasteiger partial charge is 0.205 e. The first-order valence-electron chi connectivity index (χ1n) is 13.1. The van der Waals surface area contributed by atoms with Gasteiger partial charge in [-0.15, -0.1) is 0 Å². The maximum absolute atomic E-state index is 15.1. The van der Waals surface area contributed by atoms with Crippen molar-refractivity contribution in [2.75, 3.05) is 0 Å². The van der Waals surface area contributed by atoms with Gasteiger partial charge in [-0.25, -0.2) is 4.39 Å². The lowest BCUT2D eigenvalue weighted by Gasteiger charge is -2.06. The highest BCUT2D eigenvalue weighted by Crippen LogP contribution is 2.23. The molecule has 0 nitrogen and oxygen atoms in total. The van der Waals surface area contributed by atoms with Gasteiger partial charge in [-0.2, -0.15) is 0 Å². The average molecular weight is 473 g/mol. The zero-order valence-corrected chi connectivity index (χ0v) is 21.3. The van der Waals surface area contributed by atoms with Gasteiger partial charge in [-0.05, 0) is 78.2 Å². The molecule has 0 N–H and O–H groups in total. The molecule has 0 saturated carbocycles. The minimum atomic E-state index is -0.244. The zero-order chi connectivity index (χ0) is 25.2. The lowest BCUT2D eigenvalue weighted by molar-refractivity contribution is 0.631. The van der Waals surface area contributed by atoms with Crippen molar-refractivity contribution in [3.05, 3.63) is 118 Å². The second-order valence-electron chi connectivity index (χ2n) is 9.27. The van der Waals surface area contributed by atoms with Crippen LogP contribution >= 0.6 is 0 Å². The van der Waals surface area contributed by atoms with Crippen molar-refractivity contribution in [3.8, 4) is 23.7 Å². The number of hydrogen-bond acceptors (Lipinski definition) is 0. The van der Waals surface area contributed by atoms with Crippen LogP contribution < -0.4 is 0 Å². The Morgan fingerprint density at radius 3 is 1.81 bits per heavy atom. The summed E-state index contributed by atoms with van der Waals surface area (Å²) in [4.78, 5) is 0. The van der Waals surface area contributed by atoms with Gasteiger partial charge in [0.2, 0.25) is 0 Å². The van der Waals surface area contributed by atoms with Gasteiger partial charge in [0.25, 0.3) is 0 Å². The number of hydrogen-bond donors (Lipinski definition) is 0. The van der Waals surface area contributed by atoms with E-state index in [4.69, 9.17) is 0 Å². The van der Waals surface area contributed by atoms with Crippen LogP contribution in [0.5, 0.6) is 0 Å². The number of benzene rings is 4. The number of rotatable bonds is 7. The number of unbranched alkanes of at least 4 members (excludes halogenated alkanes) is 4. The van der Waals surface area contributed by atoms with Crippen LogP contribution in [0.1, 0.15) is 79.3 Å². The van der Waals surface area contributed by atoms with E-state index in [-0.39, 0.29) is 5.82 Å². The summed E-state index contributed by atoms with van der Waals surface area (Å²) in [5, 5.41) is 1.57. The van der Waals surface area contributed by atoms with Crippen molar-refractivity contribution in [1.82, 2.24) is 0 Å². The maximum atomic E-state index is 15.1. The SMILES string of the molecule is CCCCCCCc1ccc2c(F)c(C#Cc3ccc(C#Cc4ccc(CC)cc4)cc3)ccc2c1. The van der Waals surface area contributed by atoms with E-state index in [1.807, 2.05) is 36.4 Å². The van der Waals surface area contributed by atoms with Crippen LogP contribution in [0.15, 0.2) is 78.9 Å². The van der Waals surface area contributed by atoms with Gasteiger partial charge in [0, 0.05) is 22.1 Å². The van der Waals surface area contributed by atoms with Crippen LogP contribution in [-0.4, -0.2) is 0 Å². The molecule has 0 aliphatic carbocycles. The van der Waals surface area contributed by atoms with Gasteiger partial charge in [0.05, 0.1) is 5.56 Å². The summed E-state index contributed by atoms with van der Waals surface area (Å²) in [6.45, 7) is 4.38. The topological polar surface area (TPSA) is 0 Å². The first-order chi connectivity index (χ1) is 17.7. The van der Waals surface area contributed by atoms with Crippen molar-refractivity contribution in [2.24, 2.45) is 0 Å². The van der Waals surface area contributed by atoms with Gasteiger partial charge >= 0.3 is 0 Å². The van der Waals surface area contributed by atoms with E-state index < -0.39 is 0 Å². The van der Waals surface area contributed by atoms with Crippen molar-refractivity contribution < 1.29 is 4.39 Å². The third kappa shape index (κ3) is 6.87. The normalized spacial score (nSPS) is 10.4. The Morgan fingerprint density at radius 2 is 1.17 bits per heavy atom. The smallest absolute Gasteiger partial charge is 0.146 e. The number of fused-ring (bicyclic) bond motifs is 1. The lowest BCUT2D eigenvalue weighted by Crippen LogP contribution is -1.90. The van der Waals surface area contributed by atoms with E-state index in [9.17, 15) is 0 Å². The Bertz CT molecular complexity index is 1420. The minimum absolute atomic E-state index is 0.244.